The molecule has 140 valence electrons. The Balaban J connectivity index is 1.57. The Hall–Kier alpha value is -2.47. The molecule has 2 saturated heterocycles. The van der Waals surface area contributed by atoms with E-state index in [0.717, 1.165) is 42.2 Å². The van der Waals surface area contributed by atoms with Crippen LogP contribution in [0.15, 0.2) is 30.9 Å². The molecule has 2 N–H and O–H groups in total. The first-order valence-electron chi connectivity index (χ1n) is 9.99. The lowest BCUT2D eigenvalue weighted by Gasteiger charge is -2.47. The lowest BCUT2D eigenvalue weighted by molar-refractivity contribution is 0.216. The van der Waals surface area contributed by atoms with Gasteiger partial charge in [0.15, 0.2) is 0 Å². The van der Waals surface area contributed by atoms with Crippen molar-refractivity contribution < 1.29 is 0 Å². The summed E-state index contributed by atoms with van der Waals surface area (Å²) in [7, 11) is 0. The van der Waals surface area contributed by atoms with Crippen LogP contribution in [0, 0.1) is 6.92 Å². The number of hydrogen-bond acceptors (Lipinski definition) is 5. The van der Waals surface area contributed by atoms with Crippen molar-refractivity contribution in [2.45, 2.75) is 44.6 Å². The highest BCUT2D eigenvalue weighted by molar-refractivity contribution is 6.02. The zero-order chi connectivity index (χ0) is 18.3. The molecule has 2 aliphatic rings. The van der Waals surface area contributed by atoms with Crippen LogP contribution in [0.1, 0.15) is 37.9 Å². The van der Waals surface area contributed by atoms with E-state index in [1.54, 1.807) is 0 Å². The number of fused-ring (bicyclic) bond motifs is 1. The predicted octanol–water partition coefficient (Wildman–Crippen LogP) is 3.44. The van der Waals surface area contributed by atoms with Gasteiger partial charge >= 0.3 is 0 Å². The van der Waals surface area contributed by atoms with Crippen LogP contribution in [0.4, 0.5) is 5.69 Å². The molecule has 3 aromatic heterocycles. The topological polar surface area (TPSA) is 69.7 Å². The largest absolute Gasteiger partial charge is 0.369 e. The van der Waals surface area contributed by atoms with Crippen LogP contribution in [0.3, 0.4) is 0 Å². The number of pyridine rings is 1. The zero-order valence-electron chi connectivity index (χ0n) is 15.8. The lowest BCUT2D eigenvalue weighted by Crippen LogP contribution is -2.59. The van der Waals surface area contributed by atoms with Crippen molar-refractivity contribution in [3.8, 4) is 11.1 Å². The third kappa shape index (κ3) is 2.98. The third-order valence-corrected chi connectivity index (χ3v) is 6.14. The molecule has 0 amide bonds. The van der Waals surface area contributed by atoms with Gasteiger partial charge in [0.25, 0.3) is 0 Å². The minimum Gasteiger partial charge on any atom is -0.369 e. The molecule has 2 aliphatic heterocycles. The molecule has 1 spiro atoms. The summed E-state index contributed by atoms with van der Waals surface area (Å²) in [5.74, 6) is 0.790. The second kappa shape index (κ2) is 6.60. The predicted molar refractivity (Wildman–Crippen MR) is 108 cm³/mol. The number of anilines is 1. The molecule has 2 fully saturated rings. The molecule has 0 radical (unpaired) electrons. The van der Waals surface area contributed by atoms with Crippen molar-refractivity contribution >= 4 is 16.7 Å². The van der Waals surface area contributed by atoms with E-state index in [0.29, 0.717) is 0 Å². The van der Waals surface area contributed by atoms with E-state index in [9.17, 15) is 0 Å². The van der Waals surface area contributed by atoms with Gasteiger partial charge in [-0.05, 0) is 45.2 Å². The van der Waals surface area contributed by atoms with Gasteiger partial charge in [-0.15, -0.1) is 0 Å². The molecule has 0 aliphatic carbocycles. The highest BCUT2D eigenvalue weighted by Crippen LogP contribution is 2.38. The van der Waals surface area contributed by atoms with Gasteiger partial charge in [-0.2, -0.15) is 0 Å². The number of rotatable bonds is 2. The SMILES string of the molecule is Cc1ncc(-c2c[nH]c3nccc(N4CCCC5(CCCCN5)C4)c23)cn1. The van der Waals surface area contributed by atoms with Crippen molar-refractivity contribution in [1.82, 2.24) is 25.3 Å². The van der Waals surface area contributed by atoms with Gasteiger partial charge in [0.2, 0.25) is 0 Å². The number of nitrogens with one attached hydrogen (secondary N) is 2. The van der Waals surface area contributed by atoms with E-state index < -0.39 is 0 Å². The third-order valence-electron chi connectivity index (χ3n) is 6.14. The molecule has 5 heterocycles. The number of hydrogen-bond donors (Lipinski definition) is 2. The van der Waals surface area contributed by atoms with Gasteiger partial charge in [-0.3, -0.25) is 0 Å². The summed E-state index contributed by atoms with van der Waals surface area (Å²) < 4.78 is 0. The van der Waals surface area contributed by atoms with E-state index in [1.807, 2.05) is 31.7 Å². The summed E-state index contributed by atoms with van der Waals surface area (Å²) in [5.41, 5.74) is 4.63. The average Bonchev–Trinajstić information content (AvgIpc) is 3.13. The van der Waals surface area contributed by atoms with Crippen LogP contribution < -0.4 is 10.2 Å². The number of nitrogens with zero attached hydrogens (tertiary/aromatic N) is 4. The summed E-state index contributed by atoms with van der Waals surface area (Å²) >= 11 is 0. The van der Waals surface area contributed by atoms with Crippen molar-refractivity contribution in [3.63, 3.8) is 0 Å². The van der Waals surface area contributed by atoms with E-state index in [4.69, 9.17) is 0 Å². The Bertz CT molecular complexity index is 933. The summed E-state index contributed by atoms with van der Waals surface area (Å²) in [6.07, 6.45) is 14.2. The van der Waals surface area contributed by atoms with Gasteiger partial charge < -0.3 is 15.2 Å². The second-order valence-corrected chi connectivity index (χ2v) is 7.96. The molecule has 0 bridgehead atoms. The molecule has 6 nitrogen and oxygen atoms in total. The molecule has 0 aromatic carbocycles. The molecule has 5 rings (SSSR count). The number of aromatic amines is 1. The van der Waals surface area contributed by atoms with E-state index in [1.165, 1.54) is 43.2 Å². The van der Waals surface area contributed by atoms with Gasteiger partial charge in [-0.25, -0.2) is 15.0 Å². The van der Waals surface area contributed by atoms with Crippen LogP contribution in [0.2, 0.25) is 0 Å². The van der Waals surface area contributed by atoms with E-state index in [2.05, 4.69) is 36.2 Å². The van der Waals surface area contributed by atoms with Gasteiger partial charge in [0.05, 0.1) is 5.39 Å². The second-order valence-electron chi connectivity index (χ2n) is 7.96. The summed E-state index contributed by atoms with van der Waals surface area (Å²) in [6, 6.07) is 2.16. The number of aromatic nitrogens is 4. The fourth-order valence-electron chi connectivity index (χ4n) is 4.78. The quantitative estimate of drug-likeness (QED) is 0.731. The normalized spacial score (nSPS) is 23.2. The minimum atomic E-state index is 0.273. The fraction of sp³-hybridized carbons (Fsp3) is 0.476. The Morgan fingerprint density at radius 1 is 1.07 bits per heavy atom. The summed E-state index contributed by atoms with van der Waals surface area (Å²) in [6.45, 7) is 5.23. The first kappa shape index (κ1) is 16.7. The van der Waals surface area contributed by atoms with Crippen LogP contribution in [0.25, 0.3) is 22.2 Å². The Morgan fingerprint density at radius 3 is 2.74 bits per heavy atom. The van der Waals surface area contributed by atoms with E-state index in [-0.39, 0.29) is 5.54 Å². The number of piperidine rings is 2. The van der Waals surface area contributed by atoms with Gasteiger partial charge in [0, 0.05) is 60.2 Å². The van der Waals surface area contributed by atoms with Crippen LogP contribution in [-0.2, 0) is 0 Å². The first-order chi connectivity index (χ1) is 13.2. The highest BCUT2D eigenvalue weighted by atomic mass is 15.2. The van der Waals surface area contributed by atoms with Crippen LogP contribution >= 0.6 is 0 Å². The number of aryl methyl sites for hydroxylation is 1. The van der Waals surface area contributed by atoms with E-state index >= 15 is 0 Å². The number of H-pyrrole nitrogens is 1. The maximum atomic E-state index is 4.57. The zero-order valence-corrected chi connectivity index (χ0v) is 15.8. The molecule has 0 saturated carbocycles. The maximum absolute atomic E-state index is 4.57. The summed E-state index contributed by atoms with van der Waals surface area (Å²) in [5, 5.41) is 5.02. The highest BCUT2D eigenvalue weighted by Gasteiger charge is 2.36. The molecular formula is C21H26N6. The lowest BCUT2D eigenvalue weighted by atomic mass is 9.81. The monoisotopic (exact) mass is 362 g/mol. The molecule has 6 heteroatoms. The smallest absolute Gasteiger partial charge is 0.139 e. The molecular weight excluding hydrogens is 336 g/mol. The van der Waals surface area contributed by atoms with Crippen LogP contribution in [0.5, 0.6) is 0 Å². The molecule has 1 atom stereocenters. The Kier molecular flexibility index (Phi) is 4.08. The molecule has 27 heavy (non-hydrogen) atoms. The standard InChI is InChI=1S/C21H26N6/c1-15-23-11-16(12-24-15)17-13-25-20-19(17)18(5-9-22-20)27-10-4-7-21(14-27)6-2-3-8-26-21/h5,9,11-13,26H,2-4,6-8,10,14H2,1H3,(H,22,25). The van der Waals surface area contributed by atoms with Gasteiger partial charge in [-0.1, -0.05) is 6.42 Å². The Morgan fingerprint density at radius 2 is 1.93 bits per heavy atom. The first-order valence-corrected chi connectivity index (χ1v) is 9.99. The average molecular weight is 362 g/mol. The fourth-order valence-corrected chi connectivity index (χ4v) is 4.78. The minimum absolute atomic E-state index is 0.273. The Labute approximate surface area is 159 Å². The maximum Gasteiger partial charge on any atom is 0.139 e. The van der Waals surface area contributed by atoms with Crippen molar-refractivity contribution in [1.29, 1.82) is 0 Å². The van der Waals surface area contributed by atoms with Crippen molar-refractivity contribution in [2.75, 3.05) is 24.5 Å². The van der Waals surface area contributed by atoms with Gasteiger partial charge in [0.1, 0.15) is 11.5 Å². The summed E-state index contributed by atoms with van der Waals surface area (Å²) in [4.78, 5) is 19.2. The molecule has 1 unspecified atom stereocenters. The van der Waals surface area contributed by atoms with Crippen LogP contribution in [-0.4, -0.2) is 45.1 Å². The van der Waals surface area contributed by atoms with Crippen molar-refractivity contribution in [2.24, 2.45) is 0 Å². The van der Waals surface area contributed by atoms with Crippen molar-refractivity contribution in [3.05, 3.63) is 36.7 Å². The molecule has 3 aromatic rings.